The van der Waals surface area contributed by atoms with Crippen LogP contribution < -0.4 is 5.32 Å². The topological polar surface area (TPSA) is 61.9 Å². The molecule has 0 unspecified atom stereocenters. The summed E-state index contributed by atoms with van der Waals surface area (Å²) < 4.78 is 5.27. The van der Waals surface area contributed by atoms with E-state index in [2.05, 4.69) is 10.2 Å². The SMILES string of the molecule is CC(C)[C@H](NC(=O)OCc1ccccc1)C(=O)N1CCN(C2CC2)CC1. The van der Waals surface area contributed by atoms with Gasteiger partial charge in [-0.05, 0) is 24.3 Å². The monoisotopic (exact) mass is 359 g/mol. The van der Waals surface area contributed by atoms with Crippen LogP contribution in [0.2, 0.25) is 0 Å². The van der Waals surface area contributed by atoms with Gasteiger partial charge < -0.3 is 15.0 Å². The predicted molar refractivity (Wildman–Crippen MR) is 99.6 cm³/mol. The summed E-state index contributed by atoms with van der Waals surface area (Å²) in [6, 6.07) is 9.71. The number of hydrogen-bond donors (Lipinski definition) is 1. The van der Waals surface area contributed by atoms with Crippen molar-refractivity contribution in [3.8, 4) is 0 Å². The van der Waals surface area contributed by atoms with Gasteiger partial charge >= 0.3 is 6.09 Å². The van der Waals surface area contributed by atoms with Gasteiger partial charge in [-0.15, -0.1) is 0 Å². The Morgan fingerprint density at radius 1 is 1.12 bits per heavy atom. The maximum atomic E-state index is 12.9. The smallest absolute Gasteiger partial charge is 0.408 e. The van der Waals surface area contributed by atoms with E-state index in [-0.39, 0.29) is 18.4 Å². The molecule has 26 heavy (non-hydrogen) atoms. The van der Waals surface area contributed by atoms with Gasteiger partial charge in [-0.25, -0.2) is 4.79 Å². The molecule has 2 fully saturated rings. The summed E-state index contributed by atoms with van der Waals surface area (Å²) in [6.07, 6.45) is 2.03. The van der Waals surface area contributed by atoms with Crippen molar-refractivity contribution in [1.29, 1.82) is 0 Å². The van der Waals surface area contributed by atoms with Crippen LogP contribution >= 0.6 is 0 Å². The van der Waals surface area contributed by atoms with Crippen LogP contribution in [0.4, 0.5) is 4.79 Å². The number of amides is 2. The number of rotatable bonds is 6. The minimum absolute atomic E-state index is 0.00731. The van der Waals surface area contributed by atoms with Crippen LogP contribution in [0.25, 0.3) is 0 Å². The second-order valence-electron chi connectivity index (χ2n) is 7.52. The van der Waals surface area contributed by atoms with Crippen LogP contribution in [0.3, 0.4) is 0 Å². The summed E-state index contributed by atoms with van der Waals surface area (Å²) in [6.45, 7) is 7.42. The number of nitrogens with zero attached hydrogens (tertiary/aromatic N) is 2. The Morgan fingerprint density at radius 3 is 2.35 bits per heavy atom. The third-order valence-electron chi connectivity index (χ3n) is 5.11. The van der Waals surface area contributed by atoms with Gasteiger partial charge in [0.05, 0.1) is 0 Å². The lowest BCUT2D eigenvalue weighted by atomic mass is 10.0. The molecule has 6 nitrogen and oxygen atoms in total. The van der Waals surface area contributed by atoms with Crippen LogP contribution in [0, 0.1) is 5.92 Å². The maximum Gasteiger partial charge on any atom is 0.408 e. The minimum Gasteiger partial charge on any atom is -0.445 e. The molecule has 142 valence electrons. The van der Waals surface area contributed by atoms with E-state index in [1.807, 2.05) is 49.1 Å². The summed E-state index contributed by atoms with van der Waals surface area (Å²) in [5.74, 6) is 0.000319. The Morgan fingerprint density at radius 2 is 1.77 bits per heavy atom. The molecule has 0 bridgehead atoms. The standard InChI is InChI=1S/C20H29N3O3/c1-15(2)18(21-20(25)26-14-16-6-4-3-5-7-16)19(24)23-12-10-22(11-13-23)17-8-9-17/h3-7,15,17-18H,8-14H2,1-2H3,(H,21,25)/t18-/m0/s1. The number of hydrogen-bond acceptors (Lipinski definition) is 4. The van der Waals surface area contributed by atoms with Crippen LogP contribution in [0.1, 0.15) is 32.3 Å². The number of nitrogens with one attached hydrogen (secondary N) is 1. The Kier molecular flexibility index (Phi) is 6.14. The highest BCUT2D eigenvalue weighted by molar-refractivity contribution is 5.86. The molecule has 1 aliphatic heterocycles. The van der Waals surface area contributed by atoms with E-state index in [1.54, 1.807) is 0 Å². The van der Waals surface area contributed by atoms with Crippen molar-refractivity contribution in [1.82, 2.24) is 15.1 Å². The average molecular weight is 359 g/mol. The maximum absolute atomic E-state index is 12.9. The first kappa shape index (κ1) is 18.7. The van der Waals surface area contributed by atoms with Crippen LogP contribution in [-0.2, 0) is 16.1 Å². The molecule has 1 N–H and O–H groups in total. The highest BCUT2D eigenvalue weighted by Gasteiger charge is 2.35. The van der Waals surface area contributed by atoms with Gasteiger partial charge in [0.15, 0.2) is 0 Å². The van der Waals surface area contributed by atoms with Crippen LogP contribution in [0.5, 0.6) is 0 Å². The van der Waals surface area contributed by atoms with Gasteiger partial charge in [0.1, 0.15) is 12.6 Å². The largest absolute Gasteiger partial charge is 0.445 e. The van der Waals surface area contributed by atoms with Gasteiger partial charge in [-0.3, -0.25) is 9.69 Å². The van der Waals surface area contributed by atoms with Crippen LogP contribution in [-0.4, -0.2) is 60.1 Å². The van der Waals surface area contributed by atoms with Crippen molar-refractivity contribution < 1.29 is 14.3 Å². The van der Waals surface area contributed by atoms with Crippen molar-refractivity contribution >= 4 is 12.0 Å². The van der Waals surface area contributed by atoms with E-state index in [0.29, 0.717) is 0 Å². The molecule has 1 aromatic carbocycles. The third-order valence-corrected chi connectivity index (χ3v) is 5.11. The van der Waals surface area contributed by atoms with E-state index in [0.717, 1.165) is 37.8 Å². The van der Waals surface area contributed by atoms with Gasteiger partial charge in [0, 0.05) is 32.2 Å². The normalized spacial score (nSPS) is 19.3. The molecule has 0 aromatic heterocycles. The van der Waals surface area contributed by atoms with E-state index in [1.165, 1.54) is 12.8 Å². The summed E-state index contributed by atoms with van der Waals surface area (Å²) in [5, 5.41) is 2.76. The number of piperazine rings is 1. The van der Waals surface area contributed by atoms with Gasteiger partial charge in [0.2, 0.25) is 5.91 Å². The molecule has 0 radical (unpaired) electrons. The first-order valence-electron chi connectivity index (χ1n) is 9.54. The number of carbonyl (C=O) groups is 2. The molecule has 3 rings (SSSR count). The molecule has 1 aliphatic carbocycles. The number of ether oxygens (including phenoxy) is 1. The zero-order valence-electron chi connectivity index (χ0n) is 15.7. The van der Waals surface area contributed by atoms with Crippen molar-refractivity contribution in [2.45, 2.75) is 45.4 Å². The minimum atomic E-state index is -0.550. The highest BCUT2D eigenvalue weighted by atomic mass is 16.5. The first-order chi connectivity index (χ1) is 12.5. The molecular formula is C20H29N3O3. The molecule has 1 aromatic rings. The van der Waals surface area contributed by atoms with E-state index >= 15 is 0 Å². The van der Waals surface area contributed by atoms with Crippen LogP contribution in [0.15, 0.2) is 30.3 Å². The summed E-state index contributed by atoms with van der Waals surface area (Å²) in [5.41, 5.74) is 0.922. The fourth-order valence-corrected chi connectivity index (χ4v) is 3.35. The molecule has 2 aliphatic rings. The van der Waals surface area contributed by atoms with Gasteiger partial charge in [0.25, 0.3) is 0 Å². The molecule has 1 saturated heterocycles. The summed E-state index contributed by atoms with van der Waals surface area (Å²) in [4.78, 5) is 29.4. The van der Waals surface area contributed by atoms with Gasteiger partial charge in [-0.2, -0.15) is 0 Å². The fraction of sp³-hybridized carbons (Fsp3) is 0.600. The second kappa shape index (κ2) is 8.54. The van der Waals surface area contributed by atoms with Crippen molar-refractivity contribution in [2.24, 2.45) is 5.92 Å². The molecule has 2 amide bonds. The van der Waals surface area contributed by atoms with E-state index in [4.69, 9.17) is 4.74 Å². The zero-order valence-corrected chi connectivity index (χ0v) is 15.7. The lowest BCUT2D eigenvalue weighted by molar-refractivity contribution is -0.136. The average Bonchev–Trinajstić information content (AvgIpc) is 3.50. The molecule has 1 atom stereocenters. The van der Waals surface area contributed by atoms with Crippen molar-refractivity contribution in [3.05, 3.63) is 35.9 Å². The predicted octanol–water partition coefficient (Wildman–Crippen LogP) is 2.24. The van der Waals surface area contributed by atoms with E-state index in [9.17, 15) is 9.59 Å². The lowest BCUT2D eigenvalue weighted by Gasteiger charge is -2.37. The highest BCUT2D eigenvalue weighted by Crippen LogP contribution is 2.27. The molecular weight excluding hydrogens is 330 g/mol. The van der Waals surface area contributed by atoms with Crippen molar-refractivity contribution in [3.63, 3.8) is 0 Å². The zero-order chi connectivity index (χ0) is 18.5. The van der Waals surface area contributed by atoms with Crippen molar-refractivity contribution in [2.75, 3.05) is 26.2 Å². The molecule has 6 heteroatoms. The van der Waals surface area contributed by atoms with E-state index < -0.39 is 12.1 Å². The second-order valence-corrected chi connectivity index (χ2v) is 7.52. The summed E-state index contributed by atoms with van der Waals surface area (Å²) in [7, 11) is 0. The number of alkyl carbamates (subject to hydrolysis) is 1. The number of benzene rings is 1. The van der Waals surface area contributed by atoms with Gasteiger partial charge in [-0.1, -0.05) is 44.2 Å². The Bertz CT molecular complexity index is 608. The number of carbonyl (C=O) groups excluding carboxylic acids is 2. The lowest BCUT2D eigenvalue weighted by Crippen LogP contribution is -2.56. The molecule has 1 saturated carbocycles. The third kappa shape index (κ3) is 4.97. The first-order valence-corrected chi connectivity index (χ1v) is 9.54. The fourth-order valence-electron chi connectivity index (χ4n) is 3.35. The summed E-state index contributed by atoms with van der Waals surface area (Å²) >= 11 is 0. The molecule has 0 spiro atoms. The Balaban J connectivity index is 1.49. The Hall–Kier alpha value is -2.08. The Labute approximate surface area is 155 Å². The molecule has 1 heterocycles. The quantitative estimate of drug-likeness (QED) is 0.846.